The molecule has 0 aliphatic carbocycles. The Kier molecular flexibility index (Phi) is 4.40. The predicted molar refractivity (Wildman–Crippen MR) is 70.3 cm³/mol. The zero-order valence-corrected chi connectivity index (χ0v) is 10.6. The Balaban J connectivity index is 2.05. The van der Waals surface area contributed by atoms with Gasteiger partial charge in [0.2, 0.25) is 0 Å². The predicted octanol–water partition coefficient (Wildman–Crippen LogP) is 1.79. The van der Waals surface area contributed by atoms with Gasteiger partial charge in [0.05, 0.1) is 6.61 Å². The Hall–Kier alpha value is -1.06. The summed E-state index contributed by atoms with van der Waals surface area (Å²) >= 11 is 0. The van der Waals surface area contributed by atoms with Crippen LogP contribution in [0.25, 0.3) is 0 Å². The lowest BCUT2D eigenvalue weighted by molar-refractivity contribution is 0.282. The van der Waals surface area contributed by atoms with Crippen LogP contribution in [0.2, 0.25) is 0 Å². The molecule has 0 amide bonds. The molecule has 0 saturated carbocycles. The fourth-order valence-electron chi connectivity index (χ4n) is 2.30. The number of fused-ring (bicyclic) bond motifs is 1. The number of ether oxygens (including phenoxy) is 1. The van der Waals surface area contributed by atoms with Crippen LogP contribution in [0.15, 0.2) is 18.2 Å². The molecule has 17 heavy (non-hydrogen) atoms. The van der Waals surface area contributed by atoms with E-state index in [4.69, 9.17) is 10.5 Å². The summed E-state index contributed by atoms with van der Waals surface area (Å²) < 4.78 is 5.62. The monoisotopic (exact) mass is 234 g/mol. The number of nitrogens with two attached hydrogens (primary N) is 1. The van der Waals surface area contributed by atoms with Gasteiger partial charge in [-0.2, -0.15) is 0 Å². The highest BCUT2D eigenvalue weighted by Crippen LogP contribution is 2.25. The van der Waals surface area contributed by atoms with Crippen LogP contribution in [0.4, 0.5) is 0 Å². The van der Waals surface area contributed by atoms with E-state index < -0.39 is 0 Å². The van der Waals surface area contributed by atoms with E-state index in [1.54, 1.807) is 0 Å². The second-order valence-electron chi connectivity index (χ2n) is 4.55. The van der Waals surface area contributed by atoms with Gasteiger partial charge in [-0.1, -0.05) is 19.1 Å². The highest BCUT2D eigenvalue weighted by Gasteiger charge is 2.11. The molecule has 3 heteroatoms. The molecule has 0 saturated heterocycles. The van der Waals surface area contributed by atoms with Gasteiger partial charge in [0.25, 0.3) is 0 Å². The lowest BCUT2D eigenvalue weighted by Crippen LogP contribution is -2.28. The zero-order valence-electron chi connectivity index (χ0n) is 10.6. The van der Waals surface area contributed by atoms with E-state index in [-0.39, 0.29) is 0 Å². The van der Waals surface area contributed by atoms with Crippen LogP contribution in [-0.2, 0) is 13.0 Å². The molecular formula is C14H22N2O. The molecule has 1 aromatic carbocycles. The van der Waals surface area contributed by atoms with Gasteiger partial charge in [0.1, 0.15) is 5.75 Å². The smallest absolute Gasteiger partial charge is 0.122 e. The second-order valence-corrected chi connectivity index (χ2v) is 4.55. The summed E-state index contributed by atoms with van der Waals surface area (Å²) in [6.07, 6.45) is 2.28. The Labute approximate surface area is 104 Å². The number of likely N-dealkylation sites (N-methyl/N-ethyl adjacent to an activating group) is 1. The average molecular weight is 234 g/mol. The fourth-order valence-corrected chi connectivity index (χ4v) is 2.30. The van der Waals surface area contributed by atoms with Gasteiger partial charge in [0, 0.05) is 19.6 Å². The largest absolute Gasteiger partial charge is 0.493 e. The number of hydrogen-bond acceptors (Lipinski definition) is 3. The number of hydrogen-bond donors (Lipinski definition) is 1. The Morgan fingerprint density at radius 3 is 3.06 bits per heavy atom. The summed E-state index contributed by atoms with van der Waals surface area (Å²) in [5, 5.41) is 0. The lowest BCUT2D eigenvalue weighted by atomic mass is 10.0. The highest BCUT2D eigenvalue weighted by atomic mass is 16.5. The van der Waals surface area contributed by atoms with Crippen molar-refractivity contribution in [3.63, 3.8) is 0 Å². The van der Waals surface area contributed by atoms with E-state index >= 15 is 0 Å². The summed E-state index contributed by atoms with van der Waals surface area (Å²) in [6, 6.07) is 6.57. The average Bonchev–Trinajstić information content (AvgIpc) is 2.38. The molecule has 1 aliphatic rings. The third-order valence-corrected chi connectivity index (χ3v) is 3.27. The van der Waals surface area contributed by atoms with Crippen molar-refractivity contribution in [1.82, 2.24) is 4.90 Å². The van der Waals surface area contributed by atoms with Crippen molar-refractivity contribution in [3.8, 4) is 5.75 Å². The van der Waals surface area contributed by atoms with E-state index in [2.05, 4.69) is 30.0 Å². The van der Waals surface area contributed by atoms with Crippen molar-refractivity contribution < 1.29 is 4.74 Å². The molecule has 0 bridgehead atoms. The van der Waals surface area contributed by atoms with Gasteiger partial charge in [-0.05, 0) is 36.6 Å². The van der Waals surface area contributed by atoms with Crippen LogP contribution in [-0.4, -0.2) is 31.1 Å². The first-order valence-electron chi connectivity index (χ1n) is 6.50. The highest BCUT2D eigenvalue weighted by molar-refractivity contribution is 5.38. The van der Waals surface area contributed by atoms with Crippen LogP contribution < -0.4 is 10.5 Å². The minimum absolute atomic E-state index is 0.724. The molecule has 1 aliphatic heterocycles. The third kappa shape index (κ3) is 3.20. The Morgan fingerprint density at radius 2 is 2.29 bits per heavy atom. The molecule has 94 valence electrons. The number of benzene rings is 1. The second kappa shape index (κ2) is 6.03. The third-order valence-electron chi connectivity index (χ3n) is 3.27. The maximum Gasteiger partial charge on any atom is 0.122 e. The van der Waals surface area contributed by atoms with Gasteiger partial charge in [-0.25, -0.2) is 0 Å². The Morgan fingerprint density at radius 1 is 1.41 bits per heavy atom. The summed E-state index contributed by atoms with van der Waals surface area (Å²) in [6.45, 7) is 6.76. The van der Waals surface area contributed by atoms with Gasteiger partial charge < -0.3 is 10.5 Å². The topological polar surface area (TPSA) is 38.5 Å². The first-order valence-corrected chi connectivity index (χ1v) is 6.50. The van der Waals surface area contributed by atoms with E-state index in [9.17, 15) is 0 Å². The minimum Gasteiger partial charge on any atom is -0.493 e. The van der Waals surface area contributed by atoms with Crippen LogP contribution in [0.3, 0.4) is 0 Å². The number of aryl methyl sites for hydroxylation is 1. The van der Waals surface area contributed by atoms with Gasteiger partial charge in [-0.3, -0.25) is 4.90 Å². The van der Waals surface area contributed by atoms with Crippen LogP contribution in [0.1, 0.15) is 24.5 Å². The van der Waals surface area contributed by atoms with Crippen molar-refractivity contribution in [1.29, 1.82) is 0 Å². The first kappa shape index (κ1) is 12.4. The lowest BCUT2D eigenvalue weighted by Gasteiger charge is -2.22. The maximum atomic E-state index is 5.62. The number of nitrogens with zero attached hydrogens (tertiary/aromatic N) is 1. The molecule has 2 N–H and O–H groups in total. The van der Waals surface area contributed by atoms with Crippen molar-refractivity contribution in [3.05, 3.63) is 29.3 Å². The number of rotatable bonds is 5. The molecule has 2 rings (SSSR count). The normalized spacial score (nSPS) is 14.5. The maximum absolute atomic E-state index is 5.62. The summed E-state index contributed by atoms with van der Waals surface area (Å²) in [5.41, 5.74) is 8.33. The van der Waals surface area contributed by atoms with Crippen LogP contribution in [0, 0.1) is 0 Å². The molecule has 1 heterocycles. The van der Waals surface area contributed by atoms with Gasteiger partial charge in [0.15, 0.2) is 0 Å². The molecule has 0 radical (unpaired) electrons. The molecular weight excluding hydrogens is 212 g/mol. The quantitative estimate of drug-likeness (QED) is 0.844. The fraction of sp³-hybridized carbons (Fsp3) is 0.571. The molecule has 0 atom stereocenters. The van der Waals surface area contributed by atoms with Crippen molar-refractivity contribution in [2.45, 2.75) is 26.3 Å². The zero-order chi connectivity index (χ0) is 12.1. The van der Waals surface area contributed by atoms with Crippen LogP contribution in [0.5, 0.6) is 5.75 Å². The van der Waals surface area contributed by atoms with E-state index in [1.165, 1.54) is 11.1 Å². The first-order chi connectivity index (χ1) is 8.33. The van der Waals surface area contributed by atoms with Crippen molar-refractivity contribution in [2.75, 3.05) is 26.2 Å². The van der Waals surface area contributed by atoms with E-state index in [1.807, 2.05) is 0 Å². The van der Waals surface area contributed by atoms with Crippen molar-refractivity contribution in [2.24, 2.45) is 5.73 Å². The standard InChI is InChI=1S/C14H22N2O/c1-2-16(8-7-15)11-12-5-6-14-13(10-12)4-3-9-17-14/h5-6,10H,2-4,7-9,11,15H2,1H3. The van der Waals surface area contributed by atoms with Crippen molar-refractivity contribution >= 4 is 0 Å². The summed E-state index contributed by atoms with van der Waals surface area (Å²) in [4.78, 5) is 2.37. The summed E-state index contributed by atoms with van der Waals surface area (Å²) in [7, 11) is 0. The molecule has 3 nitrogen and oxygen atoms in total. The molecule has 1 aromatic rings. The van der Waals surface area contributed by atoms with Gasteiger partial charge in [-0.15, -0.1) is 0 Å². The van der Waals surface area contributed by atoms with Gasteiger partial charge >= 0.3 is 0 Å². The molecule has 0 unspecified atom stereocenters. The van der Waals surface area contributed by atoms with E-state index in [0.717, 1.165) is 51.4 Å². The SMILES string of the molecule is CCN(CCN)Cc1ccc2c(c1)CCCO2. The molecule has 0 spiro atoms. The minimum atomic E-state index is 0.724. The summed E-state index contributed by atoms with van der Waals surface area (Å²) in [5.74, 6) is 1.07. The van der Waals surface area contributed by atoms with Crippen LogP contribution >= 0.6 is 0 Å². The molecule has 0 fully saturated rings. The van der Waals surface area contributed by atoms with E-state index in [0.29, 0.717) is 0 Å². The Bertz CT molecular complexity index is 365. The molecule has 0 aromatic heterocycles.